The van der Waals surface area contributed by atoms with Gasteiger partial charge in [0.15, 0.2) is 0 Å². The summed E-state index contributed by atoms with van der Waals surface area (Å²) in [6.45, 7) is 4.59. The summed E-state index contributed by atoms with van der Waals surface area (Å²) in [7, 11) is 0. The molecule has 0 saturated heterocycles. The van der Waals surface area contributed by atoms with Crippen molar-refractivity contribution >= 4 is 15.9 Å². The van der Waals surface area contributed by atoms with Crippen LogP contribution in [0.5, 0.6) is 0 Å². The predicted octanol–water partition coefficient (Wildman–Crippen LogP) is 2.03. The molecule has 7 heteroatoms. The number of hydrogen-bond acceptors (Lipinski definition) is 3. The minimum atomic E-state index is -2.41. The molecule has 1 aromatic heterocycles. The molecule has 0 atom stereocenters. The van der Waals surface area contributed by atoms with Crippen molar-refractivity contribution in [1.29, 1.82) is 0 Å². The normalized spacial score (nSPS) is 11.8. The molecule has 18 heavy (non-hydrogen) atoms. The first-order valence-electron chi connectivity index (χ1n) is 5.82. The molecule has 1 rings (SSSR count). The maximum absolute atomic E-state index is 12.4. The van der Waals surface area contributed by atoms with Gasteiger partial charge in [0, 0.05) is 19.6 Å². The van der Waals surface area contributed by atoms with Gasteiger partial charge in [-0.3, -0.25) is 9.58 Å². The van der Waals surface area contributed by atoms with Gasteiger partial charge in [-0.25, -0.2) is 8.78 Å². The molecule has 4 nitrogen and oxygen atoms in total. The van der Waals surface area contributed by atoms with Crippen molar-refractivity contribution in [3.8, 4) is 0 Å². The second kappa shape index (κ2) is 7.16. The first-order chi connectivity index (χ1) is 8.49. The van der Waals surface area contributed by atoms with Crippen molar-refractivity contribution in [3.05, 3.63) is 15.9 Å². The van der Waals surface area contributed by atoms with E-state index in [0.717, 1.165) is 15.9 Å². The van der Waals surface area contributed by atoms with Gasteiger partial charge in [-0.1, -0.05) is 0 Å². The molecule has 0 aromatic carbocycles. The molecule has 0 fully saturated rings. The van der Waals surface area contributed by atoms with E-state index in [1.165, 1.54) is 4.90 Å². The van der Waals surface area contributed by atoms with E-state index in [4.69, 9.17) is 5.11 Å². The van der Waals surface area contributed by atoms with Crippen LogP contribution in [0.25, 0.3) is 0 Å². The summed E-state index contributed by atoms with van der Waals surface area (Å²) in [5.41, 5.74) is 1.71. The van der Waals surface area contributed by atoms with E-state index in [9.17, 15) is 8.78 Å². The maximum Gasteiger partial charge on any atom is 0.251 e. The Balaban J connectivity index is 2.85. The summed E-state index contributed by atoms with van der Waals surface area (Å²) in [6.07, 6.45) is -2.41. The second-order valence-electron chi connectivity index (χ2n) is 4.01. The molecule has 0 aliphatic rings. The standard InChI is InChI=1S/C11H18BrF2N3O/c1-3-17-9(11(12)8(2)15-17)6-16(4-5-18)7-10(13)14/h10,18H,3-7H2,1-2H3. The Morgan fingerprint density at radius 3 is 2.67 bits per heavy atom. The number of halogens is 3. The van der Waals surface area contributed by atoms with Gasteiger partial charge in [0.2, 0.25) is 0 Å². The van der Waals surface area contributed by atoms with E-state index in [-0.39, 0.29) is 19.7 Å². The molecule has 1 heterocycles. The summed E-state index contributed by atoms with van der Waals surface area (Å²) in [5, 5.41) is 13.2. The van der Waals surface area contributed by atoms with E-state index in [1.54, 1.807) is 4.68 Å². The zero-order valence-corrected chi connectivity index (χ0v) is 12.1. The zero-order chi connectivity index (χ0) is 13.7. The number of aryl methyl sites for hydroxylation is 2. The lowest BCUT2D eigenvalue weighted by Crippen LogP contribution is -2.32. The van der Waals surface area contributed by atoms with Gasteiger partial charge >= 0.3 is 0 Å². The fraction of sp³-hybridized carbons (Fsp3) is 0.727. The Hall–Kier alpha value is -0.530. The fourth-order valence-corrected chi connectivity index (χ4v) is 2.21. The first-order valence-corrected chi connectivity index (χ1v) is 6.62. The number of aliphatic hydroxyl groups excluding tert-OH is 1. The lowest BCUT2D eigenvalue weighted by molar-refractivity contribution is 0.0732. The summed E-state index contributed by atoms with van der Waals surface area (Å²) < 4.78 is 27.5. The number of nitrogens with zero attached hydrogens (tertiary/aromatic N) is 3. The molecule has 0 aliphatic heterocycles. The highest BCUT2D eigenvalue weighted by Gasteiger charge is 2.18. The Bertz CT molecular complexity index is 385. The number of rotatable bonds is 7. The zero-order valence-electron chi connectivity index (χ0n) is 10.5. The Morgan fingerprint density at radius 2 is 2.17 bits per heavy atom. The fourth-order valence-electron chi connectivity index (χ4n) is 1.80. The second-order valence-corrected chi connectivity index (χ2v) is 4.80. The largest absolute Gasteiger partial charge is 0.395 e. The van der Waals surface area contributed by atoms with Crippen LogP contribution in [0, 0.1) is 6.92 Å². The van der Waals surface area contributed by atoms with E-state index in [0.29, 0.717) is 13.1 Å². The van der Waals surface area contributed by atoms with Crippen LogP contribution in [0.15, 0.2) is 4.47 Å². The van der Waals surface area contributed by atoms with Crippen LogP contribution in [-0.4, -0.2) is 45.9 Å². The van der Waals surface area contributed by atoms with Crippen molar-refractivity contribution < 1.29 is 13.9 Å². The van der Waals surface area contributed by atoms with Crippen LogP contribution in [-0.2, 0) is 13.1 Å². The van der Waals surface area contributed by atoms with Gasteiger partial charge in [0.25, 0.3) is 6.43 Å². The SMILES string of the molecule is CCn1nc(C)c(Br)c1CN(CCO)CC(F)F. The quantitative estimate of drug-likeness (QED) is 0.834. The van der Waals surface area contributed by atoms with E-state index < -0.39 is 6.43 Å². The van der Waals surface area contributed by atoms with Crippen molar-refractivity contribution in [1.82, 2.24) is 14.7 Å². The molecule has 0 bridgehead atoms. The monoisotopic (exact) mass is 325 g/mol. The van der Waals surface area contributed by atoms with Crippen molar-refractivity contribution in [2.24, 2.45) is 0 Å². The molecule has 1 aromatic rings. The van der Waals surface area contributed by atoms with Crippen LogP contribution >= 0.6 is 15.9 Å². The molecule has 0 spiro atoms. The highest BCUT2D eigenvalue weighted by atomic mass is 79.9. The van der Waals surface area contributed by atoms with E-state index >= 15 is 0 Å². The van der Waals surface area contributed by atoms with Gasteiger partial charge in [0.05, 0.1) is 29.0 Å². The van der Waals surface area contributed by atoms with Crippen molar-refractivity contribution in [3.63, 3.8) is 0 Å². The average molecular weight is 326 g/mol. The molecule has 0 amide bonds. The molecular weight excluding hydrogens is 308 g/mol. The van der Waals surface area contributed by atoms with Crippen LogP contribution in [0.3, 0.4) is 0 Å². The summed E-state index contributed by atoms with van der Waals surface area (Å²) in [4.78, 5) is 1.53. The first kappa shape index (κ1) is 15.5. The van der Waals surface area contributed by atoms with Crippen molar-refractivity contribution in [2.45, 2.75) is 33.4 Å². The van der Waals surface area contributed by atoms with E-state index in [2.05, 4.69) is 21.0 Å². The molecular formula is C11H18BrF2N3O. The minimum absolute atomic E-state index is 0.135. The third-order valence-corrected chi connectivity index (χ3v) is 3.67. The number of alkyl halides is 2. The lowest BCUT2D eigenvalue weighted by Gasteiger charge is -2.21. The summed E-state index contributed by atoms with van der Waals surface area (Å²) in [5.74, 6) is 0. The van der Waals surface area contributed by atoms with Crippen LogP contribution in [0.2, 0.25) is 0 Å². The third kappa shape index (κ3) is 4.00. The molecule has 0 aliphatic carbocycles. The van der Waals surface area contributed by atoms with Crippen molar-refractivity contribution in [2.75, 3.05) is 19.7 Å². The maximum atomic E-state index is 12.4. The molecule has 1 N–H and O–H groups in total. The highest BCUT2D eigenvalue weighted by Crippen LogP contribution is 2.22. The molecule has 0 saturated carbocycles. The molecule has 0 unspecified atom stereocenters. The lowest BCUT2D eigenvalue weighted by atomic mass is 10.3. The van der Waals surface area contributed by atoms with Gasteiger partial charge in [-0.15, -0.1) is 0 Å². The molecule has 0 radical (unpaired) electrons. The Labute approximate surface area is 114 Å². The number of aromatic nitrogens is 2. The third-order valence-electron chi connectivity index (χ3n) is 2.64. The summed E-state index contributed by atoms with van der Waals surface area (Å²) >= 11 is 3.43. The van der Waals surface area contributed by atoms with Gasteiger partial charge in [-0.2, -0.15) is 5.10 Å². The van der Waals surface area contributed by atoms with Crippen LogP contribution < -0.4 is 0 Å². The summed E-state index contributed by atoms with van der Waals surface area (Å²) in [6, 6.07) is 0. The predicted molar refractivity (Wildman–Crippen MR) is 68.7 cm³/mol. The number of aliphatic hydroxyl groups is 1. The van der Waals surface area contributed by atoms with Crippen LogP contribution in [0.1, 0.15) is 18.3 Å². The van der Waals surface area contributed by atoms with E-state index in [1.807, 2.05) is 13.8 Å². The topological polar surface area (TPSA) is 41.3 Å². The minimum Gasteiger partial charge on any atom is -0.395 e. The Morgan fingerprint density at radius 1 is 1.50 bits per heavy atom. The highest BCUT2D eigenvalue weighted by molar-refractivity contribution is 9.10. The smallest absolute Gasteiger partial charge is 0.251 e. The number of hydrogen-bond donors (Lipinski definition) is 1. The molecule has 104 valence electrons. The Kier molecular flexibility index (Phi) is 6.17. The van der Waals surface area contributed by atoms with Gasteiger partial charge < -0.3 is 5.11 Å². The van der Waals surface area contributed by atoms with Gasteiger partial charge in [-0.05, 0) is 29.8 Å². The van der Waals surface area contributed by atoms with Gasteiger partial charge in [0.1, 0.15) is 0 Å². The van der Waals surface area contributed by atoms with Crippen LogP contribution in [0.4, 0.5) is 8.78 Å². The average Bonchev–Trinajstić information content (AvgIpc) is 2.56.